The third-order valence-electron chi connectivity index (χ3n) is 13.4. The second kappa shape index (κ2) is 21.3. The van der Waals surface area contributed by atoms with Gasteiger partial charge in [0.2, 0.25) is 23.5 Å². The number of carboxylic acids is 1. The first kappa shape index (κ1) is 51.6. The number of carbonyl (C=O) groups is 1. The van der Waals surface area contributed by atoms with Crippen LogP contribution in [0.15, 0.2) is 101 Å². The van der Waals surface area contributed by atoms with Crippen molar-refractivity contribution in [3.8, 4) is 34.6 Å². The highest BCUT2D eigenvalue weighted by molar-refractivity contribution is 7.91. The summed E-state index contributed by atoms with van der Waals surface area (Å²) in [6.07, 6.45) is 10.1. The van der Waals surface area contributed by atoms with Gasteiger partial charge in [-0.1, -0.05) is 48.0 Å². The van der Waals surface area contributed by atoms with Crippen LogP contribution in [0.25, 0.3) is 11.1 Å². The maximum atomic E-state index is 12.2. The number of sulfone groups is 2. The Morgan fingerprint density at radius 3 is 1.88 bits per heavy atom. The van der Waals surface area contributed by atoms with Crippen molar-refractivity contribution in [3.63, 3.8) is 0 Å². The van der Waals surface area contributed by atoms with E-state index in [1.54, 1.807) is 12.3 Å². The zero-order valence-corrected chi connectivity index (χ0v) is 42.7. The molecular formula is C52H55ClN6O12S2. The molecule has 18 nitrogen and oxygen atoms in total. The number of carboxylic acid groups (broad SMARTS) is 1. The lowest BCUT2D eigenvalue weighted by Crippen LogP contribution is -2.52. The van der Waals surface area contributed by atoms with Crippen LogP contribution in [0.4, 0.5) is 0 Å². The molecule has 1 saturated heterocycles. The summed E-state index contributed by atoms with van der Waals surface area (Å²) >= 11 is 6.85. The summed E-state index contributed by atoms with van der Waals surface area (Å²) in [4.78, 5) is 31.9. The second-order valence-electron chi connectivity index (χ2n) is 18.9. The van der Waals surface area contributed by atoms with Crippen LogP contribution in [0.3, 0.4) is 0 Å². The van der Waals surface area contributed by atoms with E-state index in [9.17, 15) is 36.9 Å². The van der Waals surface area contributed by atoms with E-state index in [0.29, 0.717) is 67.2 Å². The Morgan fingerprint density at radius 1 is 0.767 bits per heavy atom. The number of β-amino-alcohol motifs (C(OH)–C–C–N with tert-alkyl or cyclic N) is 1. The minimum absolute atomic E-state index is 0.0146. The van der Waals surface area contributed by atoms with Crippen molar-refractivity contribution in [1.29, 1.82) is 0 Å². The Labute approximate surface area is 428 Å². The molecule has 21 heteroatoms. The Balaban J connectivity index is 0.948. The molecule has 0 saturated carbocycles. The number of aliphatic hydroxyl groups is 2. The van der Waals surface area contributed by atoms with Crippen molar-refractivity contribution in [3.05, 3.63) is 141 Å². The number of aliphatic carboxylic acids is 1. The number of aromatic nitrogens is 4. The maximum absolute atomic E-state index is 12.2. The van der Waals surface area contributed by atoms with Crippen molar-refractivity contribution < 1.29 is 55.9 Å². The standard InChI is InChI=1S/C52H55ClN6O12S2/c1-52(30-60,51(62)63)56-23-34-20-44(53)50(58-49(34)69-29-32-19-37(25-55-22-32)73(3,66)67)71-46-14-12-41-39(7-5-9-43(41)46)38-6-4-8-42-40(38)11-13-45(42)70-47-15-10-33(26-59-17-16-35(61)27-59)48(57-47)68-28-31-18-36(24-54-21-31)72(2,64)65/h4-10,15,18-22,24-25,35,45-46,56,60-61H,11-14,16-17,23,26-30H2,1-3H3,(H,62,63)/t35-,45+,46+,52+/m1/s1. The number of benzene rings is 2. The molecule has 1 aliphatic heterocycles. The summed E-state index contributed by atoms with van der Waals surface area (Å²) in [6, 6.07) is 20.7. The van der Waals surface area contributed by atoms with E-state index < -0.39 is 50.0 Å². The molecule has 73 heavy (non-hydrogen) atoms. The average molecular weight is 1060 g/mol. The summed E-state index contributed by atoms with van der Waals surface area (Å²) in [5.41, 5.74) is 6.95. The largest absolute Gasteiger partial charge is 0.480 e. The molecule has 384 valence electrons. The molecule has 5 heterocycles. The first-order valence-electron chi connectivity index (χ1n) is 23.6. The molecule has 0 bridgehead atoms. The number of nitrogens with zero attached hydrogens (tertiary/aromatic N) is 5. The van der Waals surface area contributed by atoms with Crippen LogP contribution in [0.5, 0.6) is 23.5 Å². The number of fused-ring (bicyclic) bond motifs is 2. The molecule has 9 rings (SSSR count). The van der Waals surface area contributed by atoms with Crippen LogP contribution in [-0.4, -0.2) is 107 Å². The highest BCUT2D eigenvalue weighted by Gasteiger charge is 2.34. The minimum atomic E-state index is -3.55. The molecular weight excluding hydrogens is 1000 g/mol. The lowest BCUT2D eigenvalue weighted by atomic mass is 9.91. The number of halogens is 1. The Morgan fingerprint density at radius 2 is 1.34 bits per heavy atom. The number of ether oxygens (including phenoxy) is 4. The summed E-state index contributed by atoms with van der Waals surface area (Å²) in [7, 11) is -7.03. The number of likely N-dealkylation sites (tertiary alicyclic amines) is 1. The van der Waals surface area contributed by atoms with Crippen molar-refractivity contribution in [2.45, 2.75) is 99.0 Å². The zero-order valence-electron chi connectivity index (χ0n) is 40.3. The molecule has 4 N–H and O–H groups in total. The Hall–Kier alpha value is -6.26. The molecule has 0 unspecified atom stereocenters. The van der Waals surface area contributed by atoms with Crippen LogP contribution < -0.4 is 24.3 Å². The fourth-order valence-corrected chi connectivity index (χ4v) is 10.8. The van der Waals surface area contributed by atoms with Gasteiger partial charge in [-0.2, -0.15) is 9.97 Å². The molecule has 0 radical (unpaired) electrons. The summed E-state index contributed by atoms with van der Waals surface area (Å²) < 4.78 is 74.6. The number of rotatable bonds is 20. The van der Waals surface area contributed by atoms with Gasteiger partial charge in [0.1, 0.15) is 36.0 Å². The van der Waals surface area contributed by atoms with E-state index in [0.717, 1.165) is 64.4 Å². The van der Waals surface area contributed by atoms with Gasteiger partial charge in [0.25, 0.3) is 0 Å². The van der Waals surface area contributed by atoms with E-state index in [1.165, 1.54) is 37.6 Å². The summed E-state index contributed by atoms with van der Waals surface area (Å²) in [6.45, 7) is 2.19. The highest BCUT2D eigenvalue weighted by atomic mass is 35.5. The second-order valence-corrected chi connectivity index (χ2v) is 23.3. The number of nitrogens with one attached hydrogen (secondary N) is 1. The molecule has 3 aliphatic rings. The molecule has 1 fully saturated rings. The fraction of sp³-hybridized carbons (Fsp3) is 0.365. The molecule has 2 aromatic carbocycles. The molecule has 4 atom stereocenters. The van der Waals surface area contributed by atoms with E-state index in [1.807, 2.05) is 30.3 Å². The van der Waals surface area contributed by atoms with Gasteiger partial charge in [0.05, 0.1) is 22.5 Å². The first-order valence-corrected chi connectivity index (χ1v) is 27.8. The highest BCUT2D eigenvalue weighted by Crippen LogP contribution is 2.46. The molecule has 0 spiro atoms. The van der Waals surface area contributed by atoms with Crippen molar-refractivity contribution in [2.75, 3.05) is 32.2 Å². The number of hydrogen-bond acceptors (Lipinski definition) is 17. The van der Waals surface area contributed by atoms with Gasteiger partial charge in [-0.05, 0) is 96.7 Å². The summed E-state index contributed by atoms with van der Waals surface area (Å²) in [5, 5.41) is 32.9. The van der Waals surface area contributed by atoms with Crippen molar-refractivity contribution in [2.24, 2.45) is 0 Å². The van der Waals surface area contributed by atoms with Crippen molar-refractivity contribution >= 4 is 37.2 Å². The first-order chi connectivity index (χ1) is 34.8. The van der Waals surface area contributed by atoms with Crippen LogP contribution in [0.2, 0.25) is 5.02 Å². The van der Waals surface area contributed by atoms with Crippen molar-refractivity contribution in [1.82, 2.24) is 30.2 Å². The molecule has 6 aromatic rings. The van der Waals surface area contributed by atoms with Gasteiger partial charge >= 0.3 is 5.97 Å². The van der Waals surface area contributed by atoms with E-state index in [-0.39, 0.29) is 52.4 Å². The van der Waals surface area contributed by atoms with Gasteiger partial charge in [-0.25, -0.2) is 16.8 Å². The van der Waals surface area contributed by atoms with Gasteiger partial charge in [-0.3, -0.25) is 25.0 Å². The quantitative estimate of drug-likeness (QED) is 0.0667. The summed E-state index contributed by atoms with van der Waals surface area (Å²) in [5.74, 6) is -0.412. The zero-order chi connectivity index (χ0) is 51.7. The molecule has 0 amide bonds. The normalized spacial score (nSPS) is 18.5. The third-order valence-corrected chi connectivity index (χ3v) is 15.8. The third kappa shape index (κ3) is 11.8. The lowest BCUT2D eigenvalue weighted by Gasteiger charge is -2.24. The predicted molar refractivity (Wildman–Crippen MR) is 268 cm³/mol. The predicted octanol–water partition coefficient (Wildman–Crippen LogP) is 6.18. The number of pyridine rings is 4. The monoisotopic (exact) mass is 1050 g/mol. The molecule has 4 aromatic heterocycles. The maximum Gasteiger partial charge on any atom is 0.326 e. The Bertz CT molecular complexity index is 3290. The van der Waals surface area contributed by atoms with E-state index in [4.69, 9.17) is 35.5 Å². The fourth-order valence-electron chi connectivity index (χ4n) is 9.33. The topological polar surface area (TPSA) is 250 Å². The number of aliphatic hydroxyl groups excluding tert-OH is 2. The SMILES string of the molecule is C[C@@](CO)(NCc1cc(Cl)c(O[C@H]2CCc3c(-c4cccc5c4CC[C@@H]5Oc4ccc(CN5CC[C@@H](O)C5)c(OCc5cncc(S(C)(=O)=O)c5)n4)cccc32)nc1OCc1cncc(S(C)(=O)=O)c1)C(=O)O. The minimum Gasteiger partial charge on any atom is -0.480 e. The van der Waals surface area contributed by atoms with Crippen LogP contribution >= 0.6 is 11.6 Å². The van der Waals surface area contributed by atoms with Crippen LogP contribution in [-0.2, 0) is 63.6 Å². The van der Waals surface area contributed by atoms with Gasteiger partial charge < -0.3 is 34.3 Å². The lowest BCUT2D eigenvalue weighted by molar-refractivity contribution is -0.145. The average Bonchev–Trinajstić information content (AvgIpc) is 4.11. The van der Waals surface area contributed by atoms with Gasteiger partial charge in [0, 0.05) is 91.8 Å². The van der Waals surface area contributed by atoms with E-state index >= 15 is 0 Å². The van der Waals surface area contributed by atoms with E-state index in [2.05, 4.69) is 43.4 Å². The molecule has 2 aliphatic carbocycles. The van der Waals surface area contributed by atoms with Gasteiger partial charge in [0.15, 0.2) is 19.7 Å². The Kier molecular flexibility index (Phi) is 15.1. The van der Waals surface area contributed by atoms with Crippen LogP contribution in [0, 0.1) is 0 Å². The van der Waals surface area contributed by atoms with Gasteiger partial charge in [-0.15, -0.1) is 0 Å². The van der Waals surface area contributed by atoms with Crippen LogP contribution in [0.1, 0.15) is 82.9 Å². The number of hydrogen-bond donors (Lipinski definition) is 4. The smallest absolute Gasteiger partial charge is 0.326 e.